The van der Waals surface area contributed by atoms with Gasteiger partial charge < -0.3 is 20.0 Å². The third-order valence-corrected chi connectivity index (χ3v) is 23.1. The Hall–Kier alpha value is -14.9. The Morgan fingerprint density at radius 2 is 0.605 bits per heavy atom. The number of hydrogen-bond donors (Lipinski definition) is 2. The summed E-state index contributed by atoms with van der Waals surface area (Å²) in [4.78, 5) is 9.75. The molecule has 604 valence electrons. The average Bonchev–Trinajstić information content (AvgIpc) is 0.763. The number of hydrogen-bond acceptors (Lipinski definition) is 5. The highest BCUT2D eigenvalue weighted by Gasteiger charge is 2.23. The molecule has 0 atom stereocenters. The SMILES string of the molecule is CC/C(=C/c1ccc(N(c2ccc(/C(=C/C=C(c3ccccc3)c3ccccc3)c3cccc(C)c3)cc2)c2ccc(CO)cc2C)c2ccccc12)c1ccccc1.Cc1ccc(C(=Cc2ccc(N(c3ccc(/C(=C/C=C(c4ccccc4)c4ccccc4)c4cccc(C)n4)cc3)c3ccc(CO)cc3C)c3ccccc23)c2ccc(C)cc2)cc1. The largest absolute Gasteiger partial charge is 0.392 e. The molecule has 1 heterocycles. The minimum atomic E-state index is -0.0170. The van der Waals surface area contributed by atoms with Crippen LogP contribution < -0.4 is 9.80 Å². The molecule has 17 aromatic rings. The van der Waals surface area contributed by atoms with Gasteiger partial charge in [-0.3, -0.25) is 4.98 Å². The van der Waals surface area contributed by atoms with Gasteiger partial charge in [-0.15, -0.1) is 0 Å². The van der Waals surface area contributed by atoms with Crippen LogP contribution in [0.2, 0.25) is 0 Å². The first-order chi connectivity index (χ1) is 60.8. The number of nitrogens with zero attached hydrogens (tertiary/aromatic N) is 3. The maximum Gasteiger partial charge on any atom is 0.0711 e. The average molecular weight is 1610 g/mol. The van der Waals surface area contributed by atoms with Crippen molar-refractivity contribution in [1.29, 1.82) is 0 Å². The number of allylic oxidation sites excluding steroid dienone is 5. The Bertz CT molecular complexity index is 6650. The van der Waals surface area contributed by atoms with Gasteiger partial charge >= 0.3 is 0 Å². The molecule has 17 rings (SSSR count). The van der Waals surface area contributed by atoms with E-state index in [4.69, 9.17) is 4.98 Å². The van der Waals surface area contributed by atoms with E-state index in [1.165, 1.54) is 83.1 Å². The molecule has 5 heteroatoms. The van der Waals surface area contributed by atoms with Crippen molar-refractivity contribution in [3.05, 3.63) is 542 Å². The molecule has 0 fully saturated rings. The molecule has 0 unspecified atom stereocenters. The van der Waals surface area contributed by atoms with E-state index in [2.05, 4.69) is 470 Å². The summed E-state index contributed by atoms with van der Waals surface area (Å²) >= 11 is 0. The van der Waals surface area contributed by atoms with Gasteiger partial charge in [-0.2, -0.15) is 0 Å². The van der Waals surface area contributed by atoms with Crippen LogP contribution in [0, 0.1) is 41.5 Å². The summed E-state index contributed by atoms with van der Waals surface area (Å²) in [6, 6.07) is 142. The fraction of sp³-hybridized carbons (Fsp3) is 0.0840. The van der Waals surface area contributed by atoms with Crippen LogP contribution in [0.25, 0.3) is 67.1 Å². The summed E-state index contributed by atoms with van der Waals surface area (Å²) in [7, 11) is 0. The molecular weight excluding hydrogens is 1500 g/mol. The summed E-state index contributed by atoms with van der Waals surface area (Å²) in [5, 5.41) is 24.8. The normalized spacial score (nSPS) is 11.5. The summed E-state index contributed by atoms with van der Waals surface area (Å²) in [6.45, 7) is 14.9. The van der Waals surface area contributed by atoms with Crippen LogP contribution in [0.3, 0.4) is 0 Å². The molecule has 0 bridgehead atoms. The van der Waals surface area contributed by atoms with Gasteiger partial charge in [0.15, 0.2) is 0 Å². The Labute approximate surface area is 731 Å². The third-order valence-electron chi connectivity index (χ3n) is 23.1. The van der Waals surface area contributed by atoms with Crippen molar-refractivity contribution < 1.29 is 10.2 Å². The van der Waals surface area contributed by atoms with Gasteiger partial charge in [-0.05, 0) is 242 Å². The lowest BCUT2D eigenvalue weighted by Gasteiger charge is -2.29. The molecule has 0 saturated carbocycles. The van der Waals surface area contributed by atoms with E-state index >= 15 is 0 Å². The molecule has 0 aliphatic heterocycles. The molecular formula is C119H101N3O2. The first-order valence-corrected chi connectivity index (χ1v) is 42.8. The minimum absolute atomic E-state index is 0.000265. The van der Waals surface area contributed by atoms with Crippen molar-refractivity contribution in [2.45, 2.75) is 68.1 Å². The van der Waals surface area contributed by atoms with Gasteiger partial charge in [0, 0.05) is 44.8 Å². The van der Waals surface area contributed by atoms with Crippen molar-refractivity contribution in [3.8, 4) is 0 Å². The van der Waals surface area contributed by atoms with Gasteiger partial charge in [0.25, 0.3) is 0 Å². The molecule has 124 heavy (non-hydrogen) atoms. The number of aliphatic hydroxyl groups is 2. The highest BCUT2D eigenvalue weighted by Crippen LogP contribution is 2.46. The summed E-state index contributed by atoms with van der Waals surface area (Å²) in [5.74, 6) is 0. The Balaban J connectivity index is 0.000000184. The van der Waals surface area contributed by atoms with Crippen molar-refractivity contribution in [2.24, 2.45) is 0 Å². The smallest absolute Gasteiger partial charge is 0.0711 e. The summed E-state index contributed by atoms with van der Waals surface area (Å²) < 4.78 is 0. The second-order valence-electron chi connectivity index (χ2n) is 31.8. The molecule has 16 aromatic carbocycles. The van der Waals surface area contributed by atoms with Crippen LogP contribution in [0.5, 0.6) is 0 Å². The zero-order valence-electron chi connectivity index (χ0n) is 71.4. The molecule has 0 radical (unpaired) electrons. The van der Waals surface area contributed by atoms with Gasteiger partial charge in [0.2, 0.25) is 0 Å². The van der Waals surface area contributed by atoms with E-state index in [1.54, 1.807) is 0 Å². The van der Waals surface area contributed by atoms with E-state index in [0.29, 0.717) is 0 Å². The number of pyridine rings is 1. The van der Waals surface area contributed by atoms with E-state index in [1.807, 2.05) is 25.1 Å². The van der Waals surface area contributed by atoms with Crippen molar-refractivity contribution in [1.82, 2.24) is 4.98 Å². The second kappa shape index (κ2) is 39.1. The first kappa shape index (κ1) is 82.8. The van der Waals surface area contributed by atoms with Crippen LogP contribution in [0.15, 0.2) is 425 Å². The van der Waals surface area contributed by atoms with E-state index in [9.17, 15) is 10.2 Å². The fourth-order valence-corrected chi connectivity index (χ4v) is 16.7. The lowest BCUT2D eigenvalue weighted by molar-refractivity contribution is 0.281. The third kappa shape index (κ3) is 19.1. The number of fused-ring (bicyclic) bond motifs is 2. The lowest BCUT2D eigenvalue weighted by atomic mass is 9.92. The quantitative estimate of drug-likeness (QED) is 0.0466. The van der Waals surface area contributed by atoms with Crippen molar-refractivity contribution >= 4 is 101 Å². The number of aryl methyl sites for hydroxylation is 6. The highest BCUT2D eigenvalue weighted by atomic mass is 16.3. The van der Waals surface area contributed by atoms with Gasteiger partial charge in [0.1, 0.15) is 0 Å². The van der Waals surface area contributed by atoms with E-state index in [0.717, 1.165) is 129 Å². The monoisotopic (exact) mass is 1600 g/mol. The van der Waals surface area contributed by atoms with Gasteiger partial charge in [-0.1, -0.05) is 394 Å². The Kier molecular flexibility index (Phi) is 26.1. The second-order valence-corrected chi connectivity index (χ2v) is 31.8. The van der Waals surface area contributed by atoms with Crippen LogP contribution in [0.4, 0.5) is 34.1 Å². The number of anilines is 6. The molecule has 1 aromatic heterocycles. The maximum absolute atomic E-state index is 10.1. The zero-order valence-corrected chi connectivity index (χ0v) is 71.4. The molecule has 0 spiro atoms. The van der Waals surface area contributed by atoms with Crippen LogP contribution in [0.1, 0.15) is 130 Å². The Morgan fingerprint density at radius 3 is 1.01 bits per heavy atom. The predicted octanol–water partition coefficient (Wildman–Crippen LogP) is 30.5. The molecule has 2 N–H and O–H groups in total. The number of benzene rings is 16. The highest BCUT2D eigenvalue weighted by molar-refractivity contribution is 6.08. The van der Waals surface area contributed by atoms with Gasteiger partial charge in [0.05, 0.1) is 30.3 Å². The van der Waals surface area contributed by atoms with E-state index < -0.39 is 0 Å². The lowest BCUT2D eigenvalue weighted by Crippen LogP contribution is -2.12. The first-order valence-electron chi connectivity index (χ1n) is 42.8. The Morgan fingerprint density at radius 1 is 0.266 bits per heavy atom. The molecule has 0 saturated heterocycles. The number of rotatable bonds is 24. The fourth-order valence-electron chi connectivity index (χ4n) is 16.7. The summed E-state index contributed by atoms with van der Waals surface area (Å²) in [5.41, 5.74) is 36.7. The predicted molar refractivity (Wildman–Crippen MR) is 527 cm³/mol. The zero-order chi connectivity index (χ0) is 85.3. The molecule has 0 aliphatic rings. The topological polar surface area (TPSA) is 59.8 Å². The maximum atomic E-state index is 10.1. The van der Waals surface area contributed by atoms with Gasteiger partial charge in [-0.25, -0.2) is 0 Å². The standard InChI is InChI=1S/C62H52N2O.C57H49NO/c1-43-22-27-51(28-23-43)59(52-29-24-44(2)25-30-52)41-53-33-39-62(58-20-12-11-19-56(53)58)64(61-38-26-47(42-65)40-45(61)3)54-34-31-50(32-35-54)57(60-21-13-14-46(4)63-60)37-36-55(48-15-7-5-8-16-48)49-17-9-6-10-18-49;1-4-44(45-18-8-5-9-19-45)39-50-30-36-57(55-26-15-14-25-54(50)55)58(56-35-27-43(40-59)38-42(56)3)51-31-28-48(29-32-51)53(49-24-16-17-41(2)37-49)34-33-52(46-20-10-6-11-21-46)47-22-12-7-13-23-47/h5-41,65H,42H2,1-4H3;5-39,59H,4,40H2,1-3H3/b57-37-;44-39-,53-34-. The van der Waals surface area contributed by atoms with Crippen molar-refractivity contribution in [3.63, 3.8) is 0 Å². The van der Waals surface area contributed by atoms with Crippen LogP contribution in [-0.2, 0) is 13.2 Å². The molecule has 0 aliphatic carbocycles. The van der Waals surface area contributed by atoms with E-state index in [-0.39, 0.29) is 13.2 Å². The minimum Gasteiger partial charge on any atom is -0.392 e. The van der Waals surface area contributed by atoms with Crippen molar-refractivity contribution in [2.75, 3.05) is 9.80 Å². The number of aliphatic hydroxyl groups excluding tert-OH is 2. The van der Waals surface area contributed by atoms with Crippen LogP contribution >= 0.6 is 0 Å². The molecule has 0 amide bonds. The van der Waals surface area contributed by atoms with Crippen LogP contribution in [-0.4, -0.2) is 15.2 Å². The molecule has 5 nitrogen and oxygen atoms in total. The summed E-state index contributed by atoms with van der Waals surface area (Å²) in [6.07, 6.45) is 14.6. The number of aromatic nitrogens is 1.